The Kier molecular flexibility index (Phi) is 5.17. The summed E-state index contributed by atoms with van der Waals surface area (Å²) in [5, 5.41) is 0. The van der Waals surface area contributed by atoms with Gasteiger partial charge in [-0.1, -0.05) is 12.8 Å². The highest BCUT2D eigenvalue weighted by molar-refractivity contribution is 7.92. The van der Waals surface area contributed by atoms with Crippen LogP contribution in [0.4, 0.5) is 5.69 Å². The maximum Gasteiger partial charge on any atom is 0.243 e. The van der Waals surface area contributed by atoms with Gasteiger partial charge in [0.2, 0.25) is 20.0 Å². The number of hydrogen-bond acceptors (Lipinski definition) is 4. The lowest BCUT2D eigenvalue weighted by Crippen LogP contribution is -2.37. The van der Waals surface area contributed by atoms with Gasteiger partial charge in [-0.2, -0.15) is 4.31 Å². The van der Waals surface area contributed by atoms with Crippen molar-refractivity contribution in [3.63, 3.8) is 0 Å². The van der Waals surface area contributed by atoms with Gasteiger partial charge in [0.05, 0.1) is 16.3 Å². The van der Waals surface area contributed by atoms with Gasteiger partial charge in [0, 0.05) is 19.6 Å². The third-order valence-corrected chi connectivity index (χ3v) is 8.46. The van der Waals surface area contributed by atoms with Gasteiger partial charge >= 0.3 is 0 Å². The van der Waals surface area contributed by atoms with Crippen LogP contribution in [0.2, 0.25) is 0 Å². The summed E-state index contributed by atoms with van der Waals surface area (Å²) < 4.78 is 52.7. The minimum absolute atomic E-state index is 0.154. The fraction of sp³-hybridized carbons (Fsp3) is 0.625. The molecule has 8 heteroatoms. The largest absolute Gasteiger partial charge is 0.270 e. The lowest BCUT2D eigenvalue weighted by Gasteiger charge is -2.28. The monoisotopic (exact) mass is 372 g/mol. The molecular formula is C16H24N2O4S2. The second kappa shape index (κ2) is 7.01. The van der Waals surface area contributed by atoms with Crippen molar-refractivity contribution < 1.29 is 16.8 Å². The van der Waals surface area contributed by atoms with Gasteiger partial charge in [-0.25, -0.2) is 16.8 Å². The van der Waals surface area contributed by atoms with E-state index < -0.39 is 20.0 Å². The van der Waals surface area contributed by atoms with Gasteiger partial charge in [-0.15, -0.1) is 0 Å². The lowest BCUT2D eigenvalue weighted by atomic mass is 10.2. The Bertz CT molecular complexity index is 765. The van der Waals surface area contributed by atoms with Crippen molar-refractivity contribution in [2.75, 3.05) is 29.7 Å². The van der Waals surface area contributed by atoms with Crippen molar-refractivity contribution >= 4 is 25.7 Å². The molecule has 3 rings (SSSR count). The summed E-state index contributed by atoms with van der Waals surface area (Å²) in [7, 11) is -6.77. The van der Waals surface area contributed by atoms with Crippen LogP contribution in [-0.4, -0.2) is 46.5 Å². The molecule has 0 aliphatic carbocycles. The molecule has 0 bridgehead atoms. The van der Waals surface area contributed by atoms with Crippen molar-refractivity contribution in [2.24, 2.45) is 0 Å². The van der Waals surface area contributed by atoms with Crippen molar-refractivity contribution in [3.05, 3.63) is 24.3 Å². The van der Waals surface area contributed by atoms with Crippen LogP contribution in [-0.2, 0) is 20.0 Å². The summed E-state index contributed by atoms with van der Waals surface area (Å²) in [4.78, 5) is 0.238. The Morgan fingerprint density at radius 2 is 1.38 bits per heavy atom. The predicted molar refractivity (Wildman–Crippen MR) is 94.0 cm³/mol. The number of sulfonamides is 2. The Morgan fingerprint density at radius 3 is 1.96 bits per heavy atom. The molecule has 2 aliphatic heterocycles. The van der Waals surface area contributed by atoms with Crippen LogP contribution in [0.5, 0.6) is 0 Å². The van der Waals surface area contributed by atoms with Crippen molar-refractivity contribution in [3.8, 4) is 0 Å². The maximum atomic E-state index is 12.7. The maximum absolute atomic E-state index is 12.7. The molecule has 24 heavy (non-hydrogen) atoms. The van der Waals surface area contributed by atoms with E-state index >= 15 is 0 Å². The van der Waals surface area contributed by atoms with Crippen LogP contribution in [0.3, 0.4) is 0 Å². The van der Waals surface area contributed by atoms with E-state index in [1.165, 1.54) is 16.4 Å². The van der Waals surface area contributed by atoms with E-state index in [4.69, 9.17) is 0 Å². The van der Waals surface area contributed by atoms with E-state index in [0.717, 1.165) is 32.1 Å². The van der Waals surface area contributed by atoms with Gasteiger partial charge in [0.25, 0.3) is 0 Å². The molecule has 6 nitrogen and oxygen atoms in total. The summed E-state index contributed by atoms with van der Waals surface area (Å²) in [5.74, 6) is 0.154. The molecule has 0 aromatic heterocycles. The molecule has 2 heterocycles. The third-order valence-electron chi connectivity index (χ3n) is 4.68. The van der Waals surface area contributed by atoms with Crippen LogP contribution in [0, 0.1) is 0 Å². The number of benzene rings is 1. The number of rotatable bonds is 3. The van der Waals surface area contributed by atoms with Crippen LogP contribution >= 0.6 is 0 Å². The minimum Gasteiger partial charge on any atom is -0.270 e. The number of anilines is 1. The fourth-order valence-corrected chi connectivity index (χ4v) is 6.45. The molecule has 0 amide bonds. The van der Waals surface area contributed by atoms with E-state index in [-0.39, 0.29) is 10.6 Å². The topological polar surface area (TPSA) is 74.8 Å². The highest BCUT2D eigenvalue weighted by atomic mass is 32.2. The van der Waals surface area contributed by atoms with E-state index in [9.17, 15) is 16.8 Å². The van der Waals surface area contributed by atoms with Crippen molar-refractivity contribution in [2.45, 2.75) is 43.4 Å². The predicted octanol–water partition coefficient (Wildman–Crippen LogP) is 2.18. The SMILES string of the molecule is O=S1(=O)CCCCN1c1ccc(S(=O)(=O)N2CCCCCC2)cc1. The Labute approximate surface area is 144 Å². The summed E-state index contributed by atoms with van der Waals surface area (Å²) in [6, 6.07) is 6.26. The average molecular weight is 373 g/mol. The molecule has 0 spiro atoms. The summed E-state index contributed by atoms with van der Waals surface area (Å²) in [6.07, 6.45) is 5.43. The summed E-state index contributed by atoms with van der Waals surface area (Å²) in [5.41, 5.74) is 0.546. The second-order valence-corrected chi connectivity index (χ2v) is 10.4. The van der Waals surface area contributed by atoms with Crippen LogP contribution in [0.15, 0.2) is 29.2 Å². The Morgan fingerprint density at radius 1 is 0.792 bits per heavy atom. The zero-order chi connectivity index (χ0) is 17.2. The highest BCUT2D eigenvalue weighted by Gasteiger charge is 2.28. The molecule has 2 aliphatic rings. The smallest absolute Gasteiger partial charge is 0.243 e. The zero-order valence-corrected chi connectivity index (χ0v) is 15.4. The molecule has 0 N–H and O–H groups in total. The van der Waals surface area contributed by atoms with Crippen LogP contribution in [0.1, 0.15) is 38.5 Å². The second-order valence-electron chi connectivity index (χ2n) is 6.41. The fourth-order valence-electron chi connectivity index (χ4n) is 3.29. The molecule has 2 saturated heterocycles. The summed E-state index contributed by atoms with van der Waals surface area (Å²) >= 11 is 0. The summed E-state index contributed by atoms with van der Waals surface area (Å²) in [6.45, 7) is 1.58. The van der Waals surface area contributed by atoms with Gasteiger partial charge in [0.15, 0.2) is 0 Å². The van der Waals surface area contributed by atoms with E-state index in [2.05, 4.69) is 0 Å². The molecule has 0 unspecified atom stereocenters. The lowest BCUT2D eigenvalue weighted by molar-refractivity contribution is 0.424. The van der Waals surface area contributed by atoms with Crippen LogP contribution in [0.25, 0.3) is 0 Å². The van der Waals surface area contributed by atoms with Crippen molar-refractivity contribution in [1.82, 2.24) is 4.31 Å². The first-order valence-corrected chi connectivity index (χ1v) is 11.6. The number of hydrogen-bond donors (Lipinski definition) is 0. The third kappa shape index (κ3) is 3.60. The molecule has 0 saturated carbocycles. The molecule has 1 aromatic carbocycles. The molecule has 0 radical (unpaired) electrons. The molecule has 1 aromatic rings. The van der Waals surface area contributed by atoms with Gasteiger partial charge in [-0.05, 0) is 49.9 Å². The first-order valence-electron chi connectivity index (χ1n) is 8.52. The zero-order valence-electron chi connectivity index (χ0n) is 13.7. The Hall–Kier alpha value is -1.12. The Balaban J connectivity index is 1.83. The normalized spacial score (nSPS) is 22.9. The molecule has 2 fully saturated rings. The minimum atomic E-state index is -3.50. The van der Waals surface area contributed by atoms with Gasteiger partial charge in [0.1, 0.15) is 0 Å². The average Bonchev–Trinajstić information content (AvgIpc) is 2.84. The van der Waals surface area contributed by atoms with E-state index in [0.29, 0.717) is 31.7 Å². The number of nitrogens with zero attached hydrogens (tertiary/aromatic N) is 2. The quantitative estimate of drug-likeness (QED) is 0.815. The molecule has 0 atom stereocenters. The first-order chi connectivity index (χ1) is 11.4. The standard InChI is InChI=1S/C16H24N2O4S2/c19-23(20)14-6-5-13-18(23)15-7-9-16(10-8-15)24(21,22)17-11-3-1-2-4-12-17/h7-10H,1-6,11-14H2. The van der Waals surface area contributed by atoms with Crippen molar-refractivity contribution in [1.29, 1.82) is 0 Å². The van der Waals surface area contributed by atoms with Crippen LogP contribution < -0.4 is 4.31 Å². The van der Waals surface area contributed by atoms with E-state index in [1.54, 1.807) is 16.4 Å². The van der Waals surface area contributed by atoms with E-state index in [1.807, 2.05) is 0 Å². The molecular weight excluding hydrogens is 348 g/mol. The first kappa shape index (κ1) is 17.7. The molecule has 134 valence electrons. The van der Waals surface area contributed by atoms with Gasteiger partial charge < -0.3 is 0 Å². The highest BCUT2D eigenvalue weighted by Crippen LogP contribution is 2.26. The van der Waals surface area contributed by atoms with Gasteiger partial charge in [-0.3, -0.25) is 4.31 Å².